The van der Waals surface area contributed by atoms with Crippen LogP contribution in [0.5, 0.6) is 11.5 Å². The van der Waals surface area contributed by atoms with Gasteiger partial charge in [0.2, 0.25) is 11.6 Å². The number of nitrogens with zero attached hydrogens (tertiary/aromatic N) is 3. The Labute approximate surface area is 387 Å². The standard InChI is InChI=1S/C49H47N5O14/c1-6-18-19-13-14-26(37(56)30(19)39(58)31-21(18)16-23-35(53(2)3)40(59)33(46(50)65)44(63)48(23,67)42(31)61)52-47(66)34-41(60)36(54(4)5)24-17-22-28(25-11-7-8-15-51-25)20-10-9-12-27(55)29(20)38(57)32(22)43(62)49(24,68)45(34)64/h6-15,18,21-24,28,35-36,55-58,63-64,67-68H,1,16-17H2,2-5H3,(H2,50,65)(H,52,66)/t18-,21+,22+,23-,24-,28-,35-,36-,48-,49-/m0/s1. The first-order valence-electron chi connectivity index (χ1n) is 21.6. The van der Waals surface area contributed by atoms with E-state index in [9.17, 15) is 69.6 Å². The van der Waals surface area contributed by atoms with Gasteiger partial charge in [0, 0.05) is 58.5 Å². The highest BCUT2D eigenvalue weighted by Gasteiger charge is 2.67. The summed E-state index contributed by atoms with van der Waals surface area (Å²) < 4.78 is 0. The van der Waals surface area contributed by atoms with E-state index in [1.807, 2.05) is 0 Å². The van der Waals surface area contributed by atoms with E-state index in [0.29, 0.717) is 11.3 Å². The summed E-state index contributed by atoms with van der Waals surface area (Å²) in [6, 6.07) is 9.36. The van der Waals surface area contributed by atoms with Crippen LogP contribution in [-0.4, -0.2) is 142 Å². The number of fused-ring (bicyclic) bond motifs is 6. The molecule has 352 valence electrons. The number of phenols is 2. The number of anilines is 1. The molecular weight excluding hydrogens is 883 g/mol. The van der Waals surface area contributed by atoms with Crippen LogP contribution in [0.4, 0.5) is 5.69 Å². The molecule has 19 heteroatoms. The summed E-state index contributed by atoms with van der Waals surface area (Å²) in [6.45, 7) is 3.89. The van der Waals surface area contributed by atoms with E-state index in [0.717, 1.165) is 0 Å². The lowest BCUT2D eigenvalue weighted by Crippen LogP contribution is -2.66. The third-order valence-corrected chi connectivity index (χ3v) is 14.9. The monoisotopic (exact) mass is 929 g/mol. The molecular formula is C49H47N5O14. The Morgan fingerprint density at radius 3 is 1.85 bits per heavy atom. The highest BCUT2D eigenvalue weighted by atomic mass is 16.4. The molecule has 0 radical (unpaired) electrons. The Balaban J connectivity index is 1.14. The topological polar surface area (TPSA) is 322 Å². The summed E-state index contributed by atoms with van der Waals surface area (Å²) in [5.41, 5.74) is -3.51. The summed E-state index contributed by atoms with van der Waals surface area (Å²) in [4.78, 5) is 91.7. The van der Waals surface area contributed by atoms with Crippen molar-refractivity contribution < 1.29 is 69.6 Å². The Hall–Kier alpha value is -7.45. The number of phenolic OH excluding ortho intramolecular Hbond substituents is 2. The molecule has 0 unspecified atom stereocenters. The van der Waals surface area contributed by atoms with Crippen molar-refractivity contribution in [3.8, 4) is 11.5 Å². The van der Waals surface area contributed by atoms with Crippen LogP contribution in [-0.2, 0) is 28.8 Å². The van der Waals surface area contributed by atoms with Crippen LogP contribution in [0.3, 0.4) is 0 Å². The van der Waals surface area contributed by atoms with E-state index in [1.165, 1.54) is 68.5 Å². The largest absolute Gasteiger partial charge is 0.508 e. The van der Waals surface area contributed by atoms with Gasteiger partial charge in [-0.15, -0.1) is 6.58 Å². The van der Waals surface area contributed by atoms with Crippen LogP contribution in [0.15, 0.2) is 101 Å². The maximum atomic E-state index is 14.9. The van der Waals surface area contributed by atoms with Crippen LogP contribution in [0.1, 0.15) is 52.6 Å². The highest BCUT2D eigenvalue weighted by molar-refractivity contribution is 6.28. The number of nitrogens with two attached hydrogens (primary N) is 1. The fourth-order valence-electron chi connectivity index (χ4n) is 12.0. The number of carbonyl (C=O) groups is 6. The number of amides is 2. The molecule has 6 aliphatic carbocycles. The molecule has 6 aliphatic rings. The third-order valence-electron chi connectivity index (χ3n) is 14.9. The van der Waals surface area contributed by atoms with Gasteiger partial charge in [0.1, 0.15) is 45.7 Å². The van der Waals surface area contributed by atoms with E-state index in [-0.39, 0.29) is 35.3 Å². The minimum absolute atomic E-state index is 0.104. The van der Waals surface area contributed by atoms with Crippen LogP contribution in [0, 0.1) is 23.7 Å². The van der Waals surface area contributed by atoms with Gasteiger partial charge >= 0.3 is 0 Å². The average Bonchev–Trinajstić information content (AvgIpc) is 3.27. The normalized spacial score (nSPS) is 30.9. The summed E-state index contributed by atoms with van der Waals surface area (Å²) in [6.07, 6.45) is 2.47. The van der Waals surface area contributed by atoms with Crippen LogP contribution >= 0.6 is 0 Å². The summed E-state index contributed by atoms with van der Waals surface area (Å²) in [5, 5.41) is 96.8. The lowest BCUT2D eigenvalue weighted by atomic mass is 9.55. The number of ketones is 4. The number of carbonyl (C=O) groups excluding carboxylic acids is 6. The molecule has 2 saturated carbocycles. The van der Waals surface area contributed by atoms with Gasteiger partial charge in [-0.2, -0.15) is 0 Å². The van der Waals surface area contributed by atoms with Crippen molar-refractivity contribution in [1.82, 2.24) is 14.8 Å². The highest BCUT2D eigenvalue weighted by Crippen LogP contribution is 2.59. The Morgan fingerprint density at radius 2 is 1.29 bits per heavy atom. The number of hydrogen-bond donors (Lipinski definition) is 10. The predicted molar refractivity (Wildman–Crippen MR) is 240 cm³/mol. The van der Waals surface area contributed by atoms with E-state index in [4.69, 9.17) is 5.73 Å². The molecule has 3 aromatic rings. The molecule has 68 heavy (non-hydrogen) atoms. The van der Waals surface area contributed by atoms with Crippen molar-refractivity contribution in [2.24, 2.45) is 29.4 Å². The number of Topliss-reactive ketones (excluding diaryl/α,β-unsaturated/α-hetero) is 4. The number of aliphatic hydroxyl groups is 6. The van der Waals surface area contributed by atoms with Crippen molar-refractivity contribution in [2.75, 3.05) is 33.5 Å². The molecule has 1 heterocycles. The lowest BCUT2D eigenvalue weighted by Gasteiger charge is -2.51. The second-order valence-electron chi connectivity index (χ2n) is 18.6. The molecule has 10 atom stereocenters. The number of rotatable bonds is 7. The minimum atomic E-state index is -3.01. The molecule has 0 aliphatic heterocycles. The number of allylic oxidation sites excluding steroid dienone is 1. The maximum absolute atomic E-state index is 14.9. The molecule has 2 amide bonds. The maximum Gasteiger partial charge on any atom is 0.263 e. The van der Waals surface area contributed by atoms with Gasteiger partial charge in [-0.1, -0.05) is 30.3 Å². The molecule has 0 spiro atoms. The van der Waals surface area contributed by atoms with Crippen molar-refractivity contribution in [3.63, 3.8) is 0 Å². The van der Waals surface area contributed by atoms with E-state index < -0.39 is 150 Å². The van der Waals surface area contributed by atoms with Gasteiger partial charge in [0.25, 0.3) is 11.8 Å². The van der Waals surface area contributed by atoms with Gasteiger partial charge in [-0.3, -0.25) is 43.6 Å². The zero-order chi connectivity index (χ0) is 49.4. The second-order valence-corrected chi connectivity index (χ2v) is 18.6. The number of aromatic hydroxyl groups is 2. The molecule has 19 nitrogen and oxygen atoms in total. The number of likely N-dealkylation sites (N-methyl/N-ethyl adjacent to an activating group) is 2. The van der Waals surface area contributed by atoms with Crippen LogP contribution in [0.2, 0.25) is 0 Å². The molecule has 9 rings (SSSR count). The number of aliphatic hydroxyl groups excluding tert-OH is 4. The third kappa shape index (κ3) is 5.88. The number of pyridine rings is 1. The van der Waals surface area contributed by atoms with Gasteiger partial charge in [0.05, 0.1) is 28.9 Å². The minimum Gasteiger partial charge on any atom is -0.508 e. The quantitative estimate of drug-likeness (QED) is 0.0921. The number of nitrogens with one attached hydrogen (secondary N) is 1. The molecule has 1 aromatic heterocycles. The van der Waals surface area contributed by atoms with Crippen molar-refractivity contribution in [2.45, 2.75) is 48.0 Å². The molecule has 0 saturated heterocycles. The predicted octanol–water partition coefficient (Wildman–Crippen LogP) is 2.11. The summed E-state index contributed by atoms with van der Waals surface area (Å²) >= 11 is 0. The lowest BCUT2D eigenvalue weighted by molar-refractivity contribution is -0.155. The zero-order valence-corrected chi connectivity index (χ0v) is 37.0. The SMILES string of the molecule is C=C[C@H]1c2ccc(NC(=O)C3=C(O)[C@@]4(O)C(=O)C5=C(O)c6c(O)cccc6[C@H](c6ccccn6)[C@H]5C[C@H]4[C@H](N(C)C)C3=O)c(O)c2C(O)=C2C(=O)[C@]3(O)C(O)=C(C(N)=O)C(=O)[C@@H](N(C)C)[C@@H]3C[C@@H]21. The smallest absolute Gasteiger partial charge is 0.263 e. The first-order chi connectivity index (χ1) is 32.1. The van der Waals surface area contributed by atoms with Crippen molar-refractivity contribution in [1.29, 1.82) is 0 Å². The Morgan fingerprint density at radius 1 is 0.735 bits per heavy atom. The summed E-state index contributed by atoms with van der Waals surface area (Å²) in [5.74, 6) is -19.3. The molecule has 2 fully saturated rings. The van der Waals surface area contributed by atoms with Crippen LogP contribution < -0.4 is 11.1 Å². The molecule has 2 aromatic carbocycles. The van der Waals surface area contributed by atoms with Crippen LogP contribution in [0.25, 0.3) is 11.5 Å². The first kappa shape index (κ1) is 45.7. The number of hydrogen-bond acceptors (Lipinski definition) is 17. The van der Waals surface area contributed by atoms with Crippen molar-refractivity contribution >= 4 is 52.2 Å². The summed E-state index contributed by atoms with van der Waals surface area (Å²) in [7, 11) is 5.87. The number of primary amides is 1. The zero-order valence-electron chi connectivity index (χ0n) is 37.0. The second kappa shape index (κ2) is 15.6. The van der Waals surface area contributed by atoms with Gasteiger partial charge in [-0.25, -0.2) is 0 Å². The van der Waals surface area contributed by atoms with Gasteiger partial charge in [0.15, 0.2) is 22.8 Å². The molecule has 11 N–H and O–H groups in total. The fourth-order valence-corrected chi connectivity index (χ4v) is 12.0. The van der Waals surface area contributed by atoms with Gasteiger partial charge in [-0.05, 0) is 76.4 Å². The first-order valence-corrected chi connectivity index (χ1v) is 21.6. The number of aromatic nitrogens is 1. The Kier molecular flexibility index (Phi) is 10.5. The van der Waals surface area contributed by atoms with Crippen molar-refractivity contribution in [3.05, 3.63) is 129 Å². The average molecular weight is 930 g/mol. The van der Waals surface area contributed by atoms with E-state index in [1.54, 1.807) is 30.3 Å². The number of benzene rings is 2. The van der Waals surface area contributed by atoms with E-state index >= 15 is 0 Å². The fraction of sp³-hybridized carbons (Fsp3) is 0.327. The molecule has 0 bridgehead atoms. The van der Waals surface area contributed by atoms with Gasteiger partial charge < -0.3 is 51.9 Å². The Bertz CT molecular complexity index is 2990. The van der Waals surface area contributed by atoms with E-state index in [2.05, 4.69) is 16.9 Å².